The Morgan fingerprint density at radius 3 is 1.26 bits per heavy atom. The Morgan fingerprint density at radius 1 is 0.667 bits per heavy atom. The summed E-state index contributed by atoms with van der Waals surface area (Å²) in [4.78, 5) is 46.4. The molecule has 0 radical (unpaired) electrons. The van der Waals surface area contributed by atoms with Crippen LogP contribution in [0.5, 0.6) is 0 Å². The van der Waals surface area contributed by atoms with E-state index in [1.54, 1.807) is 12.1 Å². The third-order valence-electron chi connectivity index (χ3n) is 4.70. The van der Waals surface area contributed by atoms with Crippen molar-refractivity contribution < 1.29 is 29.4 Å². The van der Waals surface area contributed by atoms with Gasteiger partial charge in [0.15, 0.2) is 11.6 Å². The number of ketones is 2. The van der Waals surface area contributed by atoms with Crippen molar-refractivity contribution in [3.8, 4) is 0 Å². The Bertz CT molecular complexity index is 891. The maximum atomic E-state index is 11.9. The zero-order chi connectivity index (χ0) is 20.5. The van der Waals surface area contributed by atoms with E-state index < -0.39 is 17.4 Å². The average molecular weight is 368 g/mol. The summed E-state index contributed by atoms with van der Waals surface area (Å²) < 4.78 is 0. The molecule has 0 spiro atoms. The maximum absolute atomic E-state index is 11.9. The second-order valence-corrected chi connectivity index (χ2v) is 6.87. The molecule has 0 aliphatic rings. The number of rotatable bonds is 6. The summed E-state index contributed by atoms with van der Waals surface area (Å²) in [5.41, 5.74) is 0.706. The first-order chi connectivity index (χ1) is 12.5. The Hall–Kier alpha value is -3.28. The number of carbonyl (C=O) groups excluding carboxylic acids is 2. The van der Waals surface area contributed by atoms with Crippen molar-refractivity contribution >= 4 is 23.5 Å². The summed E-state index contributed by atoms with van der Waals surface area (Å²) in [6.07, 6.45) is 0. The van der Waals surface area contributed by atoms with Crippen molar-refractivity contribution in [3.63, 3.8) is 0 Å². The Labute approximate surface area is 156 Å². The highest BCUT2D eigenvalue weighted by Gasteiger charge is 2.27. The molecule has 0 aliphatic heterocycles. The molecular weight excluding hydrogens is 348 g/mol. The quantitative estimate of drug-likeness (QED) is 0.751. The number of Topliss-reactive ketones (excluding diaryl/α,β-unsaturated/α-hetero) is 2. The fourth-order valence-electron chi connectivity index (χ4n) is 2.99. The van der Waals surface area contributed by atoms with E-state index in [-0.39, 0.29) is 33.8 Å². The molecule has 6 nitrogen and oxygen atoms in total. The second-order valence-electron chi connectivity index (χ2n) is 6.87. The standard InChI is InChI=1S/C21H20O6/c1-11(22)17-9-13(5-7-15(17)19(24)25)21(3,4)14-6-8-16(20(26)27)18(10-14)12(2)23/h5-10H,1-4H3,(H,24,25)(H,26,27). The third-order valence-corrected chi connectivity index (χ3v) is 4.70. The summed E-state index contributed by atoms with van der Waals surface area (Å²) in [6.45, 7) is 6.31. The van der Waals surface area contributed by atoms with Gasteiger partial charge in [-0.25, -0.2) is 9.59 Å². The molecule has 140 valence electrons. The number of carboxylic acids is 2. The van der Waals surface area contributed by atoms with Gasteiger partial charge >= 0.3 is 11.9 Å². The molecule has 2 aromatic carbocycles. The number of hydrogen-bond donors (Lipinski definition) is 2. The molecule has 2 rings (SSSR count). The molecule has 0 aromatic heterocycles. The lowest BCUT2D eigenvalue weighted by Crippen LogP contribution is -2.21. The number of hydrogen-bond acceptors (Lipinski definition) is 4. The molecule has 0 saturated heterocycles. The molecule has 0 heterocycles. The largest absolute Gasteiger partial charge is 0.478 e. The highest BCUT2D eigenvalue weighted by Crippen LogP contribution is 2.34. The van der Waals surface area contributed by atoms with Crippen LogP contribution in [-0.4, -0.2) is 33.7 Å². The zero-order valence-corrected chi connectivity index (χ0v) is 15.5. The van der Waals surface area contributed by atoms with Gasteiger partial charge in [0, 0.05) is 16.5 Å². The summed E-state index contributed by atoms with van der Waals surface area (Å²) in [5, 5.41) is 18.5. The van der Waals surface area contributed by atoms with Gasteiger partial charge < -0.3 is 10.2 Å². The molecule has 2 aromatic rings. The number of benzene rings is 2. The molecule has 0 bridgehead atoms. The van der Waals surface area contributed by atoms with E-state index in [2.05, 4.69) is 0 Å². The van der Waals surface area contributed by atoms with E-state index in [0.717, 1.165) is 0 Å². The first kappa shape index (κ1) is 20.0. The molecular formula is C21H20O6. The van der Waals surface area contributed by atoms with Crippen LogP contribution in [0.3, 0.4) is 0 Å². The minimum Gasteiger partial charge on any atom is -0.478 e. The fourth-order valence-corrected chi connectivity index (χ4v) is 2.99. The van der Waals surface area contributed by atoms with Gasteiger partial charge in [0.1, 0.15) is 0 Å². The van der Waals surface area contributed by atoms with Gasteiger partial charge in [0.05, 0.1) is 11.1 Å². The molecule has 2 N–H and O–H groups in total. The molecule has 0 amide bonds. The van der Waals surface area contributed by atoms with Gasteiger partial charge in [-0.15, -0.1) is 0 Å². The van der Waals surface area contributed by atoms with Crippen molar-refractivity contribution in [2.45, 2.75) is 33.1 Å². The van der Waals surface area contributed by atoms with Crippen LogP contribution in [0.2, 0.25) is 0 Å². The van der Waals surface area contributed by atoms with Crippen LogP contribution in [0.25, 0.3) is 0 Å². The summed E-state index contributed by atoms with van der Waals surface area (Å²) >= 11 is 0. The van der Waals surface area contributed by atoms with Gasteiger partial charge in [-0.3, -0.25) is 9.59 Å². The van der Waals surface area contributed by atoms with E-state index >= 15 is 0 Å². The molecule has 0 unspecified atom stereocenters. The minimum atomic E-state index is -1.19. The van der Waals surface area contributed by atoms with E-state index in [4.69, 9.17) is 0 Å². The maximum Gasteiger partial charge on any atom is 0.336 e. The SMILES string of the molecule is CC(=O)c1cc(C(C)(C)c2ccc(C(=O)O)c(C(C)=O)c2)ccc1C(=O)O. The minimum absolute atomic E-state index is 0.0762. The summed E-state index contributed by atoms with van der Waals surface area (Å²) in [5.74, 6) is -3.10. The van der Waals surface area contributed by atoms with E-state index in [0.29, 0.717) is 11.1 Å². The topological polar surface area (TPSA) is 109 Å². The van der Waals surface area contributed by atoms with E-state index in [1.807, 2.05) is 13.8 Å². The van der Waals surface area contributed by atoms with Crippen molar-refractivity contribution in [2.75, 3.05) is 0 Å². The first-order valence-electron chi connectivity index (χ1n) is 8.24. The van der Waals surface area contributed by atoms with Gasteiger partial charge in [0.25, 0.3) is 0 Å². The molecule has 0 saturated carbocycles. The van der Waals surface area contributed by atoms with Gasteiger partial charge in [-0.05, 0) is 49.2 Å². The summed E-state index contributed by atoms with van der Waals surface area (Å²) in [7, 11) is 0. The molecule has 0 fully saturated rings. The second kappa shape index (κ2) is 7.15. The van der Waals surface area contributed by atoms with Gasteiger partial charge in [-0.2, -0.15) is 0 Å². The normalized spacial score (nSPS) is 11.1. The predicted octanol–water partition coefficient (Wildman–Crippen LogP) is 3.81. The Morgan fingerprint density at radius 2 is 1.00 bits per heavy atom. The van der Waals surface area contributed by atoms with E-state index in [9.17, 15) is 29.4 Å². The molecule has 6 heteroatoms. The van der Waals surface area contributed by atoms with Crippen LogP contribution >= 0.6 is 0 Å². The van der Waals surface area contributed by atoms with Gasteiger partial charge in [0.2, 0.25) is 0 Å². The fraction of sp³-hybridized carbons (Fsp3) is 0.238. The molecule has 0 aliphatic carbocycles. The van der Waals surface area contributed by atoms with Crippen molar-refractivity contribution in [1.82, 2.24) is 0 Å². The lowest BCUT2D eigenvalue weighted by Gasteiger charge is -2.27. The number of aromatic carboxylic acids is 2. The lowest BCUT2D eigenvalue weighted by molar-refractivity contribution is 0.0683. The Balaban J connectivity index is 2.65. The molecule has 0 atom stereocenters. The van der Waals surface area contributed by atoms with Crippen molar-refractivity contribution in [3.05, 3.63) is 69.8 Å². The van der Waals surface area contributed by atoms with Crippen LogP contribution < -0.4 is 0 Å². The van der Waals surface area contributed by atoms with Crippen LogP contribution in [-0.2, 0) is 5.41 Å². The van der Waals surface area contributed by atoms with Crippen molar-refractivity contribution in [2.24, 2.45) is 0 Å². The van der Waals surface area contributed by atoms with Crippen LogP contribution in [0.15, 0.2) is 36.4 Å². The van der Waals surface area contributed by atoms with Crippen LogP contribution in [0.1, 0.15) is 80.3 Å². The monoisotopic (exact) mass is 368 g/mol. The van der Waals surface area contributed by atoms with Crippen LogP contribution in [0.4, 0.5) is 0 Å². The highest BCUT2D eigenvalue weighted by atomic mass is 16.4. The van der Waals surface area contributed by atoms with Gasteiger partial charge in [-0.1, -0.05) is 26.0 Å². The Kier molecular flexibility index (Phi) is 5.31. The zero-order valence-electron chi connectivity index (χ0n) is 15.5. The predicted molar refractivity (Wildman–Crippen MR) is 98.9 cm³/mol. The van der Waals surface area contributed by atoms with Crippen LogP contribution in [0, 0.1) is 0 Å². The van der Waals surface area contributed by atoms with Crippen molar-refractivity contribution in [1.29, 1.82) is 0 Å². The smallest absolute Gasteiger partial charge is 0.336 e. The molecule has 27 heavy (non-hydrogen) atoms. The number of carbonyl (C=O) groups is 4. The summed E-state index contributed by atoms with van der Waals surface area (Å²) in [6, 6.07) is 9.07. The highest BCUT2D eigenvalue weighted by molar-refractivity contribution is 6.05. The lowest BCUT2D eigenvalue weighted by atomic mass is 9.76. The number of carboxylic acid groups (broad SMARTS) is 2. The average Bonchev–Trinajstić information content (AvgIpc) is 2.60. The third kappa shape index (κ3) is 3.79. The first-order valence-corrected chi connectivity index (χ1v) is 8.24. The van der Waals surface area contributed by atoms with E-state index in [1.165, 1.54) is 38.1 Å².